The number of thioether (sulfide) groups is 2. The molecule has 148 valence electrons. The maximum absolute atomic E-state index is 12.2. The van der Waals surface area contributed by atoms with Crippen LogP contribution in [0.5, 0.6) is 5.75 Å². The zero-order valence-corrected chi connectivity index (χ0v) is 18.3. The van der Waals surface area contributed by atoms with Crippen LogP contribution in [0, 0.1) is 5.92 Å². The van der Waals surface area contributed by atoms with Gasteiger partial charge in [0.05, 0.1) is 4.58 Å². The van der Waals surface area contributed by atoms with Crippen LogP contribution in [0.15, 0.2) is 24.3 Å². The molecular weight excluding hydrogens is 388 g/mol. The molecule has 1 aromatic rings. The number of nitrogens with two attached hydrogens (primary N) is 1. The van der Waals surface area contributed by atoms with Crippen molar-refractivity contribution in [2.75, 3.05) is 24.7 Å². The summed E-state index contributed by atoms with van der Waals surface area (Å²) in [6, 6.07) is 8.11. The number of nitrogens with one attached hydrogen (secondary N) is 1. The van der Waals surface area contributed by atoms with E-state index in [9.17, 15) is 4.79 Å². The monoisotopic (exact) mass is 418 g/mol. The Morgan fingerprint density at radius 1 is 1.31 bits per heavy atom. The predicted octanol–water partition coefficient (Wildman–Crippen LogP) is 4.24. The topological polar surface area (TPSA) is 64.3 Å². The summed E-state index contributed by atoms with van der Waals surface area (Å²) in [5.41, 5.74) is 6.78. The van der Waals surface area contributed by atoms with Gasteiger partial charge in [0.15, 0.2) is 6.61 Å². The highest BCUT2D eigenvalue weighted by atomic mass is 35.5. The molecule has 1 atom stereocenters. The summed E-state index contributed by atoms with van der Waals surface area (Å²) in [5.74, 6) is 3.52. The highest BCUT2D eigenvalue weighted by Crippen LogP contribution is 2.43. The minimum atomic E-state index is -0.381. The molecule has 1 aliphatic heterocycles. The average Bonchev–Trinajstić information content (AvgIpc) is 2.60. The van der Waals surface area contributed by atoms with E-state index in [1.165, 1.54) is 23.5 Å². The fraction of sp³-hybridized carbons (Fsp3) is 0.632. The third-order valence-electron chi connectivity index (χ3n) is 4.10. The van der Waals surface area contributed by atoms with Crippen LogP contribution in [0.1, 0.15) is 43.8 Å². The first-order chi connectivity index (χ1) is 11.9. The van der Waals surface area contributed by atoms with Gasteiger partial charge in [-0.1, -0.05) is 26.0 Å². The summed E-state index contributed by atoms with van der Waals surface area (Å²) < 4.78 is 6.16. The lowest BCUT2D eigenvalue weighted by atomic mass is 9.91. The van der Waals surface area contributed by atoms with Gasteiger partial charge in [-0.15, -0.1) is 35.9 Å². The van der Waals surface area contributed by atoms with E-state index in [2.05, 4.69) is 31.3 Å². The van der Waals surface area contributed by atoms with Crippen LogP contribution in [-0.4, -0.2) is 36.1 Å². The van der Waals surface area contributed by atoms with E-state index in [1.807, 2.05) is 42.6 Å². The molecule has 1 heterocycles. The largest absolute Gasteiger partial charge is 0.484 e. The minimum absolute atomic E-state index is 0. The van der Waals surface area contributed by atoms with E-state index < -0.39 is 0 Å². The fourth-order valence-electron chi connectivity index (χ4n) is 3.01. The van der Waals surface area contributed by atoms with Gasteiger partial charge >= 0.3 is 0 Å². The first kappa shape index (κ1) is 23.5. The van der Waals surface area contributed by atoms with Crippen LogP contribution in [0.2, 0.25) is 0 Å². The molecule has 3 N–H and O–H groups in total. The summed E-state index contributed by atoms with van der Waals surface area (Å²) in [5, 5.41) is 3.01. The molecule has 1 saturated heterocycles. The lowest BCUT2D eigenvalue weighted by Crippen LogP contribution is -2.53. The van der Waals surface area contributed by atoms with Gasteiger partial charge in [-0.05, 0) is 54.9 Å². The normalized spacial score (nSPS) is 17.3. The molecule has 1 unspecified atom stereocenters. The van der Waals surface area contributed by atoms with Crippen LogP contribution in [0.4, 0.5) is 0 Å². The zero-order chi connectivity index (χ0) is 18.3. The molecule has 1 fully saturated rings. The number of halogens is 1. The summed E-state index contributed by atoms with van der Waals surface area (Å²) >= 11 is 4.00. The van der Waals surface area contributed by atoms with Gasteiger partial charge in [-0.3, -0.25) is 4.79 Å². The van der Waals surface area contributed by atoms with E-state index >= 15 is 0 Å². The molecule has 26 heavy (non-hydrogen) atoms. The van der Waals surface area contributed by atoms with Gasteiger partial charge in [0.1, 0.15) is 5.75 Å². The number of amides is 1. The lowest BCUT2D eigenvalue weighted by Gasteiger charge is -2.31. The molecule has 7 heteroatoms. The molecule has 0 aromatic heterocycles. The van der Waals surface area contributed by atoms with E-state index in [1.54, 1.807) is 0 Å². The molecule has 1 aliphatic rings. The standard InChI is InChI=1S/C19H30N2O2S2.ClH/c1-14(2)11-19(3,13-20)21-17(22)12-23-16-7-5-15(6-8-16)18-24-9-4-10-25-18;/h5-8,14,18H,4,9-13,20H2,1-3H3,(H,21,22);1H. The lowest BCUT2D eigenvalue weighted by molar-refractivity contribution is -0.125. The Hall–Kier alpha value is -0.560. The second-order valence-electron chi connectivity index (χ2n) is 7.20. The number of rotatable bonds is 8. The van der Waals surface area contributed by atoms with Gasteiger partial charge in [0.25, 0.3) is 5.91 Å². The Morgan fingerprint density at radius 3 is 2.46 bits per heavy atom. The van der Waals surface area contributed by atoms with Crippen molar-refractivity contribution in [2.24, 2.45) is 11.7 Å². The first-order valence-corrected chi connectivity index (χ1v) is 11.0. The van der Waals surface area contributed by atoms with Crippen molar-refractivity contribution in [3.05, 3.63) is 29.8 Å². The number of carbonyl (C=O) groups excluding carboxylic acids is 1. The number of carbonyl (C=O) groups is 1. The summed E-state index contributed by atoms with van der Waals surface area (Å²) in [7, 11) is 0. The van der Waals surface area contributed by atoms with E-state index in [0.717, 1.165) is 12.2 Å². The van der Waals surface area contributed by atoms with Crippen LogP contribution >= 0.6 is 35.9 Å². The van der Waals surface area contributed by atoms with Gasteiger partial charge < -0.3 is 15.8 Å². The van der Waals surface area contributed by atoms with Crippen LogP contribution in [-0.2, 0) is 4.79 Å². The van der Waals surface area contributed by atoms with Crippen molar-refractivity contribution < 1.29 is 9.53 Å². The molecule has 0 radical (unpaired) electrons. The first-order valence-electron chi connectivity index (χ1n) is 8.89. The van der Waals surface area contributed by atoms with Gasteiger partial charge in [-0.2, -0.15) is 0 Å². The van der Waals surface area contributed by atoms with Crippen LogP contribution in [0.3, 0.4) is 0 Å². The predicted molar refractivity (Wildman–Crippen MR) is 117 cm³/mol. The maximum atomic E-state index is 12.2. The van der Waals surface area contributed by atoms with Crippen molar-refractivity contribution in [2.45, 2.75) is 43.7 Å². The maximum Gasteiger partial charge on any atom is 0.258 e. The minimum Gasteiger partial charge on any atom is -0.484 e. The summed E-state index contributed by atoms with van der Waals surface area (Å²) in [6.07, 6.45) is 2.14. The van der Waals surface area contributed by atoms with E-state index in [0.29, 0.717) is 17.0 Å². The number of ether oxygens (including phenoxy) is 1. The Morgan fingerprint density at radius 2 is 1.92 bits per heavy atom. The quantitative estimate of drug-likeness (QED) is 0.661. The third-order valence-corrected chi connectivity index (χ3v) is 7.11. The Bertz CT molecular complexity index is 551. The molecule has 2 rings (SSSR count). The SMILES string of the molecule is CC(C)CC(C)(CN)NC(=O)COc1ccc(C2SCCCS2)cc1.Cl. The zero-order valence-electron chi connectivity index (χ0n) is 15.8. The van der Waals surface area contributed by atoms with E-state index in [-0.39, 0.29) is 30.5 Å². The highest BCUT2D eigenvalue weighted by Gasteiger charge is 2.26. The molecule has 4 nitrogen and oxygen atoms in total. The second-order valence-corrected chi connectivity index (χ2v) is 9.92. The molecule has 1 amide bonds. The van der Waals surface area contributed by atoms with Gasteiger partial charge in [0, 0.05) is 12.1 Å². The summed E-state index contributed by atoms with van der Waals surface area (Å²) in [4.78, 5) is 12.2. The van der Waals surface area contributed by atoms with Crippen LogP contribution < -0.4 is 15.8 Å². The van der Waals surface area contributed by atoms with E-state index in [4.69, 9.17) is 10.5 Å². The number of hydrogen-bond donors (Lipinski definition) is 2. The highest BCUT2D eigenvalue weighted by molar-refractivity contribution is 8.16. The Kier molecular flexibility index (Phi) is 10.2. The molecule has 0 aliphatic carbocycles. The van der Waals surface area contributed by atoms with Crippen LogP contribution in [0.25, 0.3) is 0 Å². The fourth-order valence-corrected chi connectivity index (χ4v) is 5.90. The Labute approximate surface area is 172 Å². The van der Waals surface area contributed by atoms with Crippen molar-refractivity contribution in [3.8, 4) is 5.75 Å². The number of benzene rings is 1. The smallest absolute Gasteiger partial charge is 0.258 e. The van der Waals surface area contributed by atoms with Crippen molar-refractivity contribution in [3.63, 3.8) is 0 Å². The molecule has 0 bridgehead atoms. The summed E-state index contributed by atoms with van der Waals surface area (Å²) in [6.45, 7) is 6.67. The third kappa shape index (κ3) is 7.59. The second kappa shape index (κ2) is 11.3. The molecule has 0 saturated carbocycles. The van der Waals surface area contributed by atoms with Gasteiger partial charge in [-0.25, -0.2) is 0 Å². The Balaban J connectivity index is 0.00000338. The van der Waals surface area contributed by atoms with Crippen molar-refractivity contribution in [1.29, 1.82) is 0 Å². The number of hydrogen-bond acceptors (Lipinski definition) is 5. The molecular formula is C19H31ClN2O2S2. The van der Waals surface area contributed by atoms with Crippen molar-refractivity contribution in [1.82, 2.24) is 5.32 Å². The molecule has 0 spiro atoms. The van der Waals surface area contributed by atoms with Gasteiger partial charge in [0.2, 0.25) is 0 Å². The molecule has 1 aromatic carbocycles. The average molecular weight is 419 g/mol. The van der Waals surface area contributed by atoms with Crippen molar-refractivity contribution >= 4 is 41.8 Å².